The molecule has 0 aliphatic heterocycles. The summed E-state index contributed by atoms with van der Waals surface area (Å²) in [6.07, 6.45) is 0. The minimum atomic E-state index is -0.981. The van der Waals surface area contributed by atoms with Crippen LogP contribution in [-0.4, -0.2) is 20.9 Å². The average molecular weight is 323 g/mol. The van der Waals surface area contributed by atoms with Gasteiger partial charge in [-0.3, -0.25) is 0 Å². The lowest BCUT2D eigenvalue weighted by Gasteiger charge is -2.14. The number of hydrogen-bond acceptors (Lipinski definition) is 4. The van der Waals surface area contributed by atoms with Gasteiger partial charge in [0.2, 0.25) is 0 Å². The zero-order chi connectivity index (χ0) is 17.3. The number of carboxylic acid groups (broad SMARTS) is 1. The molecule has 0 fully saturated rings. The zero-order valence-electron chi connectivity index (χ0n) is 13.2. The number of para-hydroxylation sites is 2. The second kappa shape index (κ2) is 6.08. The summed E-state index contributed by atoms with van der Waals surface area (Å²) in [5, 5.41) is 25.2. The fraction of sp³-hybridized carbons (Fsp3) is 0.111. The third kappa shape index (κ3) is 2.81. The Kier molecular flexibility index (Phi) is 3.95. The van der Waals surface area contributed by atoms with Crippen LogP contribution >= 0.6 is 0 Å². The molecule has 0 saturated carbocycles. The standard InChI is InChI=1S/C18H16N2O4/c1-11-17(24-16-6-4-3-5-15(16)21)12(2)20(19-11)14-9-7-13(8-10-14)18(22)23/h3-10,21H,1-2H3,(H,22,23)/p-1. The summed E-state index contributed by atoms with van der Waals surface area (Å²) in [7, 11) is 0. The number of aromatic nitrogens is 2. The molecule has 24 heavy (non-hydrogen) atoms. The lowest BCUT2D eigenvalue weighted by atomic mass is 10.2. The van der Waals surface area contributed by atoms with Gasteiger partial charge in [0.25, 0.3) is 0 Å². The van der Waals surface area contributed by atoms with Gasteiger partial charge >= 0.3 is 5.97 Å². The fourth-order valence-corrected chi connectivity index (χ4v) is 2.42. The Balaban J connectivity index is 1.97. The van der Waals surface area contributed by atoms with Gasteiger partial charge in [0.05, 0.1) is 16.9 Å². The first-order chi connectivity index (χ1) is 11.5. The number of nitrogens with zero attached hydrogens (tertiary/aromatic N) is 2. The van der Waals surface area contributed by atoms with Gasteiger partial charge in [-0.2, -0.15) is 5.10 Å². The van der Waals surface area contributed by atoms with Gasteiger partial charge in [-0.25, -0.2) is 9.48 Å². The topological polar surface area (TPSA) is 87.4 Å². The molecule has 6 nitrogen and oxygen atoms in total. The highest BCUT2D eigenvalue weighted by molar-refractivity contribution is 5.87. The Morgan fingerprint density at radius 3 is 2.42 bits per heavy atom. The molecule has 0 atom stereocenters. The molecule has 122 valence electrons. The van der Waals surface area contributed by atoms with Crippen molar-refractivity contribution >= 4 is 5.97 Å². The van der Waals surface area contributed by atoms with Crippen LogP contribution in [0.5, 0.6) is 17.2 Å². The quantitative estimate of drug-likeness (QED) is 0.797. The second-order valence-corrected chi connectivity index (χ2v) is 5.31. The summed E-state index contributed by atoms with van der Waals surface area (Å²) in [5.41, 5.74) is 2.28. The number of hydrogen-bond donors (Lipinski definition) is 1. The maximum Gasteiger partial charge on any atom is 0.335 e. The first kappa shape index (κ1) is 15.6. The van der Waals surface area contributed by atoms with E-state index in [0.29, 0.717) is 17.1 Å². The van der Waals surface area contributed by atoms with Crippen LogP contribution in [0.3, 0.4) is 0 Å². The minimum absolute atomic E-state index is 0.199. The summed E-state index contributed by atoms with van der Waals surface area (Å²) in [6, 6.07) is 12.8. The summed E-state index contributed by atoms with van der Waals surface area (Å²) in [5.74, 6) is -0.425. The van der Waals surface area contributed by atoms with Crippen LogP contribution in [-0.2, 0) is 0 Å². The predicted octanol–water partition coefficient (Wildman–Crippen LogP) is 3.05. The van der Waals surface area contributed by atoms with Crippen molar-refractivity contribution in [1.29, 1.82) is 0 Å². The van der Waals surface area contributed by atoms with Gasteiger partial charge in [-0.15, -0.1) is 0 Å². The van der Waals surface area contributed by atoms with Crippen LogP contribution in [0.2, 0.25) is 0 Å². The Labute approximate surface area is 138 Å². The molecule has 0 bridgehead atoms. The molecule has 1 aromatic heterocycles. The number of ether oxygens (including phenoxy) is 1. The molecule has 1 heterocycles. The predicted molar refractivity (Wildman–Crippen MR) is 86.0 cm³/mol. The van der Waals surface area contributed by atoms with E-state index in [-0.39, 0.29) is 17.1 Å². The molecule has 3 rings (SSSR count). The van der Waals surface area contributed by atoms with Crippen molar-refractivity contribution < 1.29 is 19.7 Å². The second-order valence-electron chi connectivity index (χ2n) is 5.31. The molecule has 0 amide bonds. The molecule has 3 aromatic rings. The van der Waals surface area contributed by atoms with Crippen LogP contribution in [0.25, 0.3) is 5.69 Å². The molecular weight excluding hydrogens is 308 g/mol. The minimum Gasteiger partial charge on any atom is -0.870 e. The van der Waals surface area contributed by atoms with Gasteiger partial charge in [-0.1, -0.05) is 23.9 Å². The van der Waals surface area contributed by atoms with Crippen LogP contribution in [0, 0.1) is 13.8 Å². The molecule has 0 radical (unpaired) electrons. The zero-order valence-corrected chi connectivity index (χ0v) is 13.2. The molecular formula is C18H15N2O4-. The maximum atomic E-state index is 11.8. The summed E-state index contributed by atoms with van der Waals surface area (Å²) >= 11 is 0. The highest BCUT2D eigenvalue weighted by Gasteiger charge is 2.15. The van der Waals surface area contributed by atoms with Crippen molar-refractivity contribution in [3.63, 3.8) is 0 Å². The number of aromatic carboxylic acids is 1. The number of rotatable bonds is 4. The summed E-state index contributed by atoms with van der Waals surface area (Å²) < 4.78 is 7.40. The number of aryl methyl sites for hydroxylation is 1. The van der Waals surface area contributed by atoms with Crippen LogP contribution in [0.15, 0.2) is 48.5 Å². The van der Waals surface area contributed by atoms with Crippen LogP contribution in [0.1, 0.15) is 21.7 Å². The lowest BCUT2D eigenvalue weighted by molar-refractivity contribution is -0.269. The van der Waals surface area contributed by atoms with Crippen LogP contribution in [0.4, 0.5) is 0 Å². The van der Waals surface area contributed by atoms with Crippen molar-refractivity contribution in [2.45, 2.75) is 13.8 Å². The first-order valence-electron chi connectivity index (χ1n) is 7.31. The van der Waals surface area contributed by atoms with Crippen molar-refractivity contribution in [3.05, 3.63) is 65.5 Å². The van der Waals surface area contributed by atoms with E-state index in [2.05, 4.69) is 5.10 Å². The van der Waals surface area contributed by atoms with Crippen molar-refractivity contribution in [3.8, 4) is 22.9 Å². The fourth-order valence-electron chi connectivity index (χ4n) is 2.42. The Hall–Kier alpha value is -3.28. The van der Waals surface area contributed by atoms with Crippen molar-refractivity contribution in [2.24, 2.45) is 0 Å². The SMILES string of the molecule is Cc1nn(-c2ccc(C(=O)O)cc2)c(C)c1Oc1ccccc1[O-]. The van der Waals surface area contributed by atoms with E-state index in [1.54, 1.807) is 41.9 Å². The molecule has 6 heteroatoms. The van der Waals surface area contributed by atoms with E-state index in [1.165, 1.54) is 18.2 Å². The molecule has 0 unspecified atom stereocenters. The molecule has 0 aliphatic carbocycles. The highest BCUT2D eigenvalue weighted by atomic mass is 16.5. The monoisotopic (exact) mass is 323 g/mol. The molecule has 0 saturated heterocycles. The van der Waals surface area contributed by atoms with Gasteiger partial charge in [-0.05, 0) is 44.2 Å². The molecule has 1 N–H and O–H groups in total. The normalized spacial score (nSPS) is 10.6. The number of carbonyl (C=O) groups is 1. The van der Waals surface area contributed by atoms with Gasteiger partial charge in [0.1, 0.15) is 11.4 Å². The van der Waals surface area contributed by atoms with E-state index < -0.39 is 5.97 Å². The Bertz CT molecular complexity index is 898. The summed E-state index contributed by atoms with van der Waals surface area (Å²) in [4.78, 5) is 10.9. The first-order valence-corrected chi connectivity index (χ1v) is 7.31. The van der Waals surface area contributed by atoms with Gasteiger partial charge < -0.3 is 14.9 Å². The van der Waals surface area contributed by atoms with Gasteiger partial charge in [0.15, 0.2) is 5.75 Å². The smallest absolute Gasteiger partial charge is 0.335 e. The molecule has 0 spiro atoms. The third-order valence-electron chi connectivity index (χ3n) is 3.64. The van der Waals surface area contributed by atoms with E-state index in [0.717, 1.165) is 5.69 Å². The van der Waals surface area contributed by atoms with Crippen LogP contribution < -0.4 is 9.84 Å². The Morgan fingerprint density at radius 1 is 1.12 bits per heavy atom. The Morgan fingerprint density at radius 2 is 1.79 bits per heavy atom. The summed E-state index contributed by atoms with van der Waals surface area (Å²) in [6.45, 7) is 3.62. The van der Waals surface area contributed by atoms with E-state index in [1.807, 2.05) is 6.92 Å². The highest BCUT2D eigenvalue weighted by Crippen LogP contribution is 2.33. The average Bonchev–Trinajstić information content (AvgIpc) is 2.85. The molecule has 2 aromatic carbocycles. The van der Waals surface area contributed by atoms with Gasteiger partial charge in [0, 0.05) is 0 Å². The van der Waals surface area contributed by atoms with Crippen molar-refractivity contribution in [2.75, 3.05) is 0 Å². The van der Waals surface area contributed by atoms with E-state index >= 15 is 0 Å². The van der Waals surface area contributed by atoms with Crippen molar-refractivity contribution in [1.82, 2.24) is 9.78 Å². The molecule has 0 aliphatic rings. The largest absolute Gasteiger partial charge is 0.870 e. The number of carboxylic acids is 1. The third-order valence-corrected chi connectivity index (χ3v) is 3.64. The van der Waals surface area contributed by atoms with E-state index in [9.17, 15) is 9.90 Å². The lowest BCUT2D eigenvalue weighted by Crippen LogP contribution is -2.01. The maximum absolute atomic E-state index is 11.8. The van der Waals surface area contributed by atoms with E-state index in [4.69, 9.17) is 9.84 Å². The number of benzene rings is 2.